The van der Waals surface area contributed by atoms with Crippen LogP contribution in [0.3, 0.4) is 0 Å². The van der Waals surface area contributed by atoms with Crippen LogP contribution in [0, 0.1) is 11.9 Å². The van der Waals surface area contributed by atoms with Crippen molar-refractivity contribution in [2.24, 2.45) is 0 Å². The van der Waals surface area contributed by atoms with Gasteiger partial charge in [-0.1, -0.05) is 129 Å². The Hall–Kier alpha value is 0.0300. The molecule has 0 aliphatic heterocycles. The van der Waals surface area contributed by atoms with Crippen molar-refractivity contribution in [3.63, 3.8) is 0 Å². The average Bonchev–Trinajstić information content (AvgIpc) is 3.60. The molecule has 2 aromatic carbocycles. The first-order valence-electron chi connectivity index (χ1n) is 12.4. The molecule has 0 atom stereocenters. The number of aromatic amines is 3. The molecule has 224 valence electrons. The molecule has 0 aliphatic rings. The van der Waals surface area contributed by atoms with Gasteiger partial charge in [-0.15, -0.1) is 11.6 Å². The number of benzene rings is 2. The second kappa shape index (κ2) is 27.3. The van der Waals surface area contributed by atoms with Crippen molar-refractivity contribution in [2.45, 2.75) is 36.7 Å². The van der Waals surface area contributed by atoms with Crippen molar-refractivity contribution < 1.29 is 53.5 Å². The van der Waals surface area contributed by atoms with E-state index < -0.39 is 0 Å². The van der Waals surface area contributed by atoms with Crippen molar-refractivity contribution in [1.29, 1.82) is 0 Å². The average molecular weight is 820 g/mol. The maximum absolute atomic E-state index is 5.60. The molecule has 0 aliphatic carbocycles. The third-order valence-corrected chi connectivity index (χ3v) is 9.05. The summed E-state index contributed by atoms with van der Waals surface area (Å²) in [5.41, 5.74) is 4.70. The quantitative estimate of drug-likeness (QED) is 0.0766. The summed E-state index contributed by atoms with van der Waals surface area (Å²) in [6.07, 6.45) is 3.66. The molecule has 0 radical (unpaired) electrons. The minimum Gasteiger partial charge on any atom is -1.00 e. The van der Waals surface area contributed by atoms with Crippen LogP contribution in [0.15, 0.2) is 66.0 Å². The zero-order chi connectivity index (χ0) is 29.8. The third-order valence-electron chi connectivity index (χ3n) is 5.16. The Labute approximate surface area is 322 Å². The van der Waals surface area contributed by atoms with Crippen LogP contribution < -0.4 is 53.5 Å². The van der Waals surface area contributed by atoms with Crippen LogP contribution in [-0.4, -0.2) is 44.9 Å². The van der Waals surface area contributed by atoms with E-state index in [2.05, 4.69) is 83.5 Å². The molecule has 4 aromatic rings. The molecular weight excluding hydrogens is 784 g/mol. The maximum Gasteiger partial charge on any atom is 1.00 e. The number of aromatic nitrogens is 4. The van der Waals surface area contributed by atoms with Crippen molar-refractivity contribution >= 4 is 94.8 Å². The summed E-state index contributed by atoms with van der Waals surface area (Å²) in [4.78, 5) is 2.38. The van der Waals surface area contributed by atoms with Crippen LogP contribution in [0.4, 0.5) is 0 Å². The summed E-state index contributed by atoms with van der Waals surface area (Å²) >= 11 is 24.5. The van der Waals surface area contributed by atoms with Gasteiger partial charge in [-0.2, -0.15) is 5.10 Å². The van der Waals surface area contributed by atoms with Crippen LogP contribution in [-0.2, 0) is 11.6 Å². The maximum atomic E-state index is 5.60. The Morgan fingerprint density at radius 1 is 0.810 bits per heavy atom. The number of nitrogens with one attached hydrogen (secondary N) is 3. The van der Waals surface area contributed by atoms with E-state index >= 15 is 0 Å². The Morgan fingerprint density at radius 3 is 1.55 bits per heavy atom. The number of H-pyrrole nitrogens is 3. The smallest absolute Gasteiger partial charge is 1.00 e. The van der Waals surface area contributed by atoms with Gasteiger partial charge in [-0.3, -0.25) is 15.3 Å². The monoisotopic (exact) mass is 819 g/mol. The Bertz CT molecular complexity index is 1380. The van der Waals surface area contributed by atoms with E-state index in [0.29, 0.717) is 13.8 Å². The molecule has 0 fully saturated rings. The SMILES string of the molecule is C=Cc1ccc(CCl)cc1.C=Cc1ccc(CSc2n[nH]c(=S)s2)cc1.CCN(CC)CC.S=c1[nH][nH]c(=S)s1.[I-].[Na+]. The van der Waals surface area contributed by atoms with Gasteiger partial charge in [0.05, 0.1) is 0 Å². The minimum atomic E-state index is 0. The van der Waals surface area contributed by atoms with Gasteiger partial charge in [0.1, 0.15) is 0 Å². The number of rotatable bonds is 9. The molecule has 2 heterocycles. The summed E-state index contributed by atoms with van der Waals surface area (Å²) in [6, 6.07) is 16.4. The first-order chi connectivity index (χ1) is 19.3. The van der Waals surface area contributed by atoms with Gasteiger partial charge >= 0.3 is 29.6 Å². The van der Waals surface area contributed by atoms with Crippen molar-refractivity contribution in [1.82, 2.24) is 25.3 Å². The molecule has 0 amide bonds. The zero-order valence-electron chi connectivity index (χ0n) is 24.3. The van der Waals surface area contributed by atoms with Crippen LogP contribution in [0.25, 0.3) is 12.2 Å². The van der Waals surface area contributed by atoms with Crippen molar-refractivity contribution in [3.05, 3.63) is 95.8 Å². The van der Waals surface area contributed by atoms with Gasteiger partial charge in [-0.05, 0) is 78.5 Å². The van der Waals surface area contributed by atoms with E-state index in [1.54, 1.807) is 11.8 Å². The molecule has 42 heavy (non-hydrogen) atoms. The largest absolute Gasteiger partial charge is 1.00 e. The molecule has 14 heteroatoms. The Balaban J connectivity index is 0. The number of hydrogen-bond donors (Lipinski definition) is 3. The van der Waals surface area contributed by atoms with Gasteiger partial charge in [0.2, 0.25) is 0 Å². The fraction of sp³-hybridized carbons (Fsp3) is 0.286. The van der Waals surface area contributed by atoms with E-state index in [0.717, 1.165) is 30.7 Å². The predicted molar refractivity (Wildman–Crippen MR) is 188 cm³/mol. The number of nitrogens with zero attached hydrogens (tertiary/aromatic N) is 2. The molecule has 0 unspecified atom stereocenters. The van der Waals surface area contributed by atoms with Crippen molar-refractivity contribution in [2.75, 3.05) is 19.6 Å². The van der Waals surface area contributed by atoms with E-state index in [-0.39, 0.29) is 53.5 Å². The summed E-state index contributed by atoms with van der Waals surface area (Å²) in [6.45, 7) is 17.5. The van der Waals surface area contributed by atoms with Gasteiger partial charge in [-0.25, -0.2) is 0 Å². The molecule has 2 aromatic heterocycles. The van der Waals surface area contributed by atoms with Crippen LogP contribution in [0.5, 0.6) is 0 Å². The van der Waals surface area contributed by atoms with Crippen LogP contribution in [0.1, 0.15) is 43.0 Å². The molecule has 0 bridgehead atoms. The first-order valence-corrected chi connectivity index (χ1v) is 16.8. The number of hydrogen-bond acceptors (Lipinski definition) is 8. The summed E-state index contributed by atoms with van der Waals surface area (Å²) in [5, 5.41) is 12.2. The normalized spacial score (nSPS) is 9.36. The second-order valence-corrected chi connectivity index (χ2v) is 13.2. The summed E-state index contributed by atoms with van der Waals surface area (Å²) < 4.78 is 3.11. The Morgan fingerprint density at radius 2 is 1.26 bits per heavy atom. The number of halogens is 2. The van der Waals surface area contributed by atoms with E-state index in [1.807, 2.05) is 36.4 Å². The number of alkyl halides is 1. The van der Waals surface area contributed by atoms with E-state index in [4.69, 9.17) is 48.3 Å². The van der Waals surface area contributed by atoms with Gasteiger partial charge in [0.25, 0.3) is 0 Å². The molecule has 5 nitrogen and oxygen atoms in total. The third kappa shape index (κ3) is 20.1. The summed E-state index contributed by atoms with van der Waals surface area (Å²) in [7, 11) is 0. The fourth-order valence-electron chi connectivity index (χ4n) is 2.82. The van der Waals surface area contributed by atoms with E-state index in [9.17, 15) is 0 Å². The standard InChI is InChI=1S/C11H10N2S3.C9H9Cl.C6H15N.C2H2N2S3.HI.Na/c1-2-8-3-5-9(6-4-8)7-15-11-13-12-10(14)16-11;1-2-8-3-5-9(7-10)6-4-8;1-4-7(5-2)6-3;5-1-3-4-2(6)7-1;;/h2-6H,1,7H2,(H,12,14);2-6H,1,7H2;4-6H2,1-3H3;(H,3,5)(H,4,6);1H;/q;;;;;+1/p-1. The molecular formula is C28H36ClIN5NaS6. The second-order valence-electron chi connectivity index (χ2n) is 7.74. The Kier molecular flexibility index (Phi) is 28.8. The topological polar surface area (TPSA) is 63.5 Å². The minimum absolute atomic E-state index is 0. The zero-order valence-corrected chi connectivity index (χ0v) is 34.1. The molecule has 0 saturated heterocycles. The van der Waals surface area contributed by atoms with Crippen LogP contribution in [0.2, 0.25) is 0 Å². The molecule has 0 spiro atoms. The summed E-state index contributed by atoms with van der Waals surface area (Å²) in [5.74, 6) is 1.49. The molecule has 4 rings (SSSR count). The van der Waals surface area contributed by atoms with Gasteiger partial charge in [0, 0.05) is 11.6 Å². The van der Waals surface area contributed by atoms with Gasteiger partial charge < -0.3 is 28.9 Å². The van der Waals surface area contributed by atoms with Gasteiger partial charge in [0.15, 0.2) is 16.2 Å². The molecule has 3 N–H and O–H groups in total. The first kappa shape index (κ1) is 44.2. The van der Waals surface area contributed by atoms with Crippen LogP contribution >= 0.6 is 82.7 Å². The fourth-order valence-corrected chi connectivity index (χ4v) is 6.17. The van der Waals surface area contributed by atoms with Crippen molar-refractivity contribution in [3.8, 4) is 0 Å². The van der Waals surface area contributed by atoms with E-state index in [1.165, 1.54) is 47.9 Å². The number of thioether (sulfide) groups is 1. The molecule has 0 saturated carbocycles. The predicted octanol–water partition coefficient (Wildman–Crippen LogP) is 4.42.